The lowest BCUT2D eigenvalue weighted by molar-refractivity contribution is -0.138. The molecule has 0 heterocycles. The largest absolute Gasteiger partial charge is 0.397 e. The molecule has 1 N–H and O–H groups in total. The number of aliphatic hydroxyl groups is 1. The highest BCUT2D eigenvalue weighted by Crippen LogP contribution is 1.82. The minimum absolute atomic E-state index is 0.0648. The van der Waals surface area contributed by atoms with Crippen LogP contribution < -0.4 is 0 Å². The molecule has 9 heavy (non-hydrogen) atoms. The molecule has 3 nitrogen and oxygen atoms in total. The third-order valence-corrected chi connectivity index (χ3v) is 0.348. The number of carbonyl (C=O) groups excluding carboxylic acids is 1. The Morgan fingerprint density at radius 3 is 1.78 bits per heavy atom. The third kappa shape index (κ3) is 19.1. The summed E-state index contributed by atoms with van der Waals surface area (Å²) < 4.78 is 0. The molecule has 0 aromatic heterocycles. The van der Waals surface area contributed by atoms with Gasteiger partial charge < -0.3 is 5.11 Å². The van der Waals surface area contributed by atoms with Gasteiger partial charge in [0.15, 0.2) is 0 Å². The summed E-state index contributed by atoms with van der Waals surface area (Å²) in [5.74, 6) is -1.19. The monoisotopic (exact) mass is 131 g/mol. The average molecular weight is 131 g/mol. The highest BCUT2D eigenvalue weighted by Gasteiger charge is 1.94. The van der Waals surface area contributed by atoms with Crippen molar-refractivity contribution in [1.29, 1.82) is 0 Å². The van der Waals surface area contributed by atoms with Gasteiger partial charge in [-0.2, -0.15) is 0 Å². The summed E-state index contributed by atoms with van der Waals surface area (Å²) in [6.45, 7) is 6.41. The standard InChI is InChI=1S/C4H5O2.C2H6O/c1-3(2)4(5)6;1-2-3/h1H2,2H3;3H,2H2,1H3. The molecule has 0 aliphatic carbocycles. The molecule has 0 aliphatic rings. The minimum Gasteiger partial charge on any atom is -0.397 e. The Morgan fingerprint density at radius 2 is 1.78 bits per heavy atom. The van der Waals surface area contributed by atoms with Gasteiger partial charge in [-0.1, -0.05) is 6.58 Å². The van der Waals surface area contributed by atoms with Crippen LogP contribution in [0.1, 0.15) is 13.8 Å². The van der Waals surface area contributed by atoms with Gasteiger partial charge in [-0.15, -0.1) is 0 Å². The first-order valence-corrected chi connectivity index (χ1v) is 2.54. The van der Waals surface area contributed by atoms with Crippen molar-refractivity contribution in [1.82, 2.24) is 0 Å². The molecule has 0 aromatic rings. The first-order valence-electron chi connectivity index (χ1n) is 2.54. The van der Waals surface area contributed by atoms with Gasteiger partial charge in [0.1, 0.15) is 0 Å². The van der Waals surface area contributed by atoms with Crippen molar-refractivity contribution in [3.05, 3.63) is 12.2 Å². The van der Waals surface area contributed by atoms with Crippen LogP contribution >= 0.6 is 0 Å². The van der Waals surface area contributed by atoms with E-state index in [0.29, 0.717) is 0 Å². The molecular weight excluding hydrogens is 120 g/mol. The normalized spacial score (nSPS) is 7.00. The number of aliphatic hydroxyl groups excluding tert-OH is 1. The van der Waals surface area contributed by atoms with Gasteiger partial charge in [0, 0.05) is 12.2 Å². The van der Waals surface area contributed by atoms with Gasteiger partial charge >= 0.3 is 5.97 Å². The van der Waals surface area contributed by atoms with Crippen molar-refractivity contribution in [3.8, 4) is 0 Å². The molecule has 0 aromatic carbocycles. The fourth-order valence-electron chi connectivity index (χ4n) is 0. The predicted octanol–water partition coefficient (Wildman–Crippen LogP) is 0.518. The van der Waals surface area contributed by atoms with Crippen LogP contribution in [0.3, 0.4) is 0 Å². The van der Waals surface area contributed by atoms with Crippen LogP contribution in [0.2, 0.25) is 0 Å². The summed E-state index contributed by atoms with van der Waals surface area (Å²) in [5.41, 5.74) is 0.0648. The zero-order valence-corrected chi connectivity index (χ0v) is 5.68. The maximum Gasteiger partial charge on any atom is 0.381 e. The van der Waals surface area contributed by atoms with Crippen molar-refractivity contribution < 1.29 is 15.0 Å². The molecule has 0 saturated heterocycles. The maximum atomic E-state index is 9.49. The fourth-order valence-corrected chi connectivity index (χ4v) is 0. The van der Waals surface area contributed by atoms with Crippen LogP contribution in [0, 0.1) is 0 Å². The fraction of sp³-hybridized carbons (Fsp3) is 0.500. The summed E-state index contributed by atoms with van der Waals surface area (Å²) in [7, 11) is 0. The summed E-state index contributed by atoms with van der Waals surface area (Å²) in [4.78, 5) is 9.49. The number of hydrogen-bond acceptors (Lipinski definition) is 2. The SMILES string of the molecule is C=C(C)C([O])=O.CCO. The Balaban J connectivity index is 0. The van der Waals surface area contributed by atoms with Crippen molar-refractivity contribution >= 4 is 5.97 Å². The molecule has 0 fully saturated rings. The van der Waals surface area contributed by atoms with Crippen molar-refractivity contribution in [3.63, 3.8) is 0 Å². The number of hydrogen-bond donors (Lipinski definition) is 1. The van der Waals surface area contributed by atoms with Crippen molar-refractivity contribution in [2.24, 2.45) is 0 Å². The molecule has 0 spiro atoms. The first-order chi connectivity index (χ1) is 4.06. The van der Waals surface area contributed by atoms with Crippen LogP contribution in [-0.4, -0.2) is 17.7 Å². The third-order valence-electron chi connectivity index (χ3n) is 0.348. The van der Waals surface area contributed by atoms with Gasteiger partial charge in [0.2, 0.25) is 0 Å². The molecule has 0 atom stereocenters. The average Bonchev–Trinajstić information content (AvgIpc) is 1.68. The summed E-state index contributed by atoms with van der Waals surface area (Å²) in [5, 5.41) is 17.1. The van der Waals surface area contributed by atoms with Crippen LogP contribution in [0.15, 0.2) is 12.2 Å². The highest BCUT2D eigenvalue weighted by atomic mass is 16.4. The molecule has 0 rings (SSSR count). The molecule has 53 valence electrons. The second-order valence-corrected chi connectivity index (χ2v) is 1.38. The number of carbonyl (C=O) groups is 1. The van der Waals surface area contributed by atoms with E-state index in [0.717, 1.165) is 0 Å². The summed E-state index contributed by atoms with van der Waals surface area (Å²) >= 11 is 0. The van der Waals surface area contributed by atoms with E-state index in [-0.39, 0.29) is 12.2 Å². The van der Waals surface area contributed by atoms with E-state index in [1.807, 2.05) is 0 Å². The lowest BCUT2D eigenvalue weighted by Crippen LogP contribution is -1.89. The Labute approximate surface area is 54.6 Å². The highest BCUT2D eigenvalue weighted by molar-refractivity contribution is 5.84. The van der Waals surface area contributed by atoms with Gasteiger partial charge in [-0.3, -0.25) is 0 Å². The second-order valence-electron chi connectivity index (χ2n) is 1.38. The molecule has 0 unspecified atom stereocenters. The van der Waals surface area contributed by atoms with E-state index in [1.54, 1.807) is 6.92 Å². The lowest BCUT2D eigenvalue weighted by atomic mass is 10.4. The van der Waals surface area contributed by atoms with Crippen molar-refractivity contribution in [2.75, 3.05) is 6.61 Å². The quantitative estimate of drug-likeness (QED) is 0.527. The molecule has 3 heteroatoms. The number of rotatable bonds is 1. The van der Waals surface area contributed by atoms with E-state index in [4.69, 9.17) is 5.11 Å². The Kier molecular flexibility index (Phi) is 8.79. The van der Waals surface area contributed by atoms with Gasteiger partial charge in [-0.25, -0.2) is 9.90 Å². The molecule has 1 radical (unpaired) electrons. The smallest absolute Gasteiger partial charge is 0.381 e. The maximum absolute atomic E-state index is 9.49. The van der Waals surface area contributed by atoms with E-state index in [2.05, 4.69) is 6.58 Å². The Hall–Kier alpha value is -0.830. The van der Waals surface area contributed by atoms with Crippen LogP contribution in [0.5, 0.6) is 0 Å². The molecule has 0 amide bonds. The molecule has 0 aliphatic heterocycles. The van der Waals surface area contributed by atoms with E-state index in [9.17, 15) is 9.90 Å². The lowest BCUT2D eigenvalue weighted by Gasteiger charge is -1.74. The zero-order valence-electron chi connectivity index (χ0n) is 5.68. The van der Waals surface area contributed by atoms with E-state index >= 15 is 0 Å². The molecular formula is C6H11O3. The Morgan fingerprint density at radius 1 is 1.67 bits per heavy atom. The molecule has 0 saturated carbocycles. The zero-order chi connectivity index (χ0) is 7.86. The Bertz CT molecular complexity index is 84.5. The van der Waals surface area contributed by atoms with Crippen molar-refractivity contribution in [2.45, 2.75) is 13.8 Å². The van der Waals surface area contributed by atoms with E-state index < -0.39 is 5.97 Å². The summed E-state index contributed by atoms with van der Waals surface area (Å²) in [6, 6.07) is 0. The van der Waals surface area contributed by atoms with Gasteiger partial charge in [-0.05, 0) is 13.8 Å². The minimum atomic E-state index is -1.19. The predicted molar refractivity (Wildman–Crippen MR) is 33.3 cm³/mol. The van der Waals surface area contributed by atoms with Crippen LogP contribution in [0.4, 0.5) is 0 Å². The van der Waals surface area contributed by atoms with Crippen LogP contribution in [0.25, 0.3) is 0 Å². The topological polar surface area (TPSA) is 57.2 Å². The van der Waals surface area contributed by atoms with Gasteiger partial charge in [0.25, 0.3) is 0 Å². The van der Waals surface area contributed by atoms with Gasteiger partial charge in [0.05, 0.1) is 0 Å². The van der Waals surface area contributed by atoms with E-state index in [1.165, 1.54) is 6.92 Å². The summed E-state index contributed by atoms with van der Waals surface area (Å²) in [6.07, 6.45) is 0. The second kappa shape index (κ2) is 7.17. The van der Waals surface area contributed by atoms with Crippen LogP contribution in [-0.2, 0) is 9.90 Å². The molecule has 0 bridgehead atoms. The first kappa shape index (κ1) is 11.0.